The van der Waals surface area contributed by atoms with Crippen LogP contribution in [0.15, 0.2) is 0 Å². The summed E-state index contributed by atoms with van der Waals surface area (Å²) in [6.45, 7) is 4.97. The highest BCUT2D eigenvalue weighted by Gasteiger charge is 2.26. The quantitative estimate of drug-likeness (QED) is 0.631. The van der Waals surface area contributed by atoms with Gasteiger partial charge in [-0.2, -0.15) is 0 Å². The van der Waals surface area contributed by atoms with Crippen LogP contribution < -0.4 is 0 Å². The van der Waals surface area contributed by atoms with Crippen LogP contribution >= 0.6 is 0 Å². The van der Waals surface area contributed by atoms with Crippen molar-refractivity contribution in [1.82, 2.24) is 9.80 Å². The van der Waals surface area contributed by atoms with Crippen molar-refractivity contribution in [1.29, 1.82) is 0 Å². The van der Waals surface area contributed by atoms with Gasteiger partial charge in [-0.05, 0) is 31.6 Å². The van der Waals surface area contributed by atoms with Crippen LogP contribution in [0.3, 0.4) is 0 Å². The average molecular weight is 326 g/mol. The summed E-state index contributed by atoms with van der Waals surface area (Å²) in [7, 11) is 1.64. The zero-order valence-corrected chi connectivity index (χ0v) is 14.3. The Morgan fingerprint density at radius 2 is 1.91 bits per heavy atom. The molecule has 2 heterocycles. The molecule has 0 aliphatic carbocycles. The van der Waals surface area contributed by atoms with Crippen molar-refractivity contribution in [3.8, 4) is 0 Å². The average Bonchev–Trinajstić information content (AvgIpc) is 2.57. The second-order valence-corrected chi connectivity index (χ2v) is 6.48. The number of hydrogen-bond donors (Lipinski definition) is 0. The summed E-state index contributed by atoms with van der Waals surface area (Å²) in [6.07, 6.45) is 5.32. The van der Waals surface area contributed by atoms with Crippen molar-refractivity contribution in [3.05, 3.63) is 0 Å². The summed E-state index contributed by atoms with van der Waals surface area (Å²) < 4.78 is 10.3. The molecule has 2 fully saturated rings. The number of carbonyl (C=O) groups excluding carboxylic acids is 2. The van der Waals surface area contributed by atoms with Gasteiger partial charge in [0, 0.05) is 39.7 Å². The third kappa shape index (κ3) is 6.11. The Bertz CT molecular complexity index is 381. The first-order valence-electron chi connectivity index (χ1n) is 8.83. The van der Waals surface area contributed by atoms with Gasteiger partial charge in [0.1, 0.15) is 0 Å². The smallest absolute Gasteiger partial charge is 0.224 e. The van der Waals surface area contributed by atoms with E-state index in [1.807, 2.05) is 9.80 Å². The van der Waals surface area contributed by atoms with Gasteiger partial charge in [-0.15, -0.1) is 0 Å². The minimum atomic E-state index is 0.176. The lowest BCUT2D eigenvalue weighted by Gasteiger charge is -2.36. The Morgan fingerprint density at radius 1 is 1.13 bits per heavy atom. The minimum absolute atomic E-state index is 0.176. The molecule has 6 heteroatoms. The Morgan fingerprint density at radius 3 is 2.61 bits per heavy atom. The predicted molar refractivity (Wildman–Crippen MR) is 87.0 cm³/mol. The van der Waals surface area contributed by atoms with Crippen LogP contribution in [0.1, 0.15) is 38.5 Å². The monoisotopic (exact) mass is 326 g/mol. The van der Waals surface area contributed by atoms with Crippen molar-refractivity contribution in [3.63, 3.8) is 0 Å². The number of carbonyl (C=O) groups is 2. The Labute approximate surface area is 139 Å². The Hall–Kier alpha value is -1.14. The number of rotatable bonds is 8. The van der Waals surface area contributed by atoms with Crippen LogP contribution in [0.5, 0.6) is 0 Å². The third-order valence-corrected chi connectivity index (χ3v) is 4.76. The fourth-order valence-corrected chi connectivity index (χ4v) is 3.29. The molecule has 2 amide bonds. The van der Waals surface area contributed by atoms with E-state index in [1.54, 1.807) is 7.11 Å². The van der Waals surface area contributed by atoms with Crippen LogP contribution in [-0.2, 0) is 19.1 Å². The molecule has 2 saturated heterocycles. The minimum Gasteiger partial charge on any atom is -0.382 e. The van der Waals surface area contributed by atoms with Gasteiger partial charge >= 0.3 is 0 Å². The van der Waals surface area contributed by atoms with Gasteiger partial charge < -0.3 is 19.3 Å². The van der Waals surface area contributed by atoms with Gasteiger partial charge in [0.25, 0.3) is 0 Å². The van der Waals surface area contributed by atoms with Crippen molar-refractivity contribution in [2.45, 2.75) is 38.5 Å². The first kappa shape index (κ1) is 18.2. The number of likely N-dealkylation sites (tertiary alicyclic amines) is 2. The highest BCUT2D eigenvalue weighted by Crippen LogP contribution is 2.21. The van der Waals surface area contributed by atoms with Gasteiger partial charge in [-0.3, -0.25) is 9.59 Å². The molecule has 0 unspecified atom stereocenters. The normalized spacial score (nSPS) is 20.1. The van der Waals surface area contributed by atoms with E-state index in [9.17, 15) is 9.59 Å². The maximum absolute atomic E-state index is 12.1. The number of methoxy groups -OCH3 is 1. The van der Waals surface area contributed by atoms with Crippen LogP contribution in [0.25, 0.3) is 0 Å². The fourth-order valence-electron chi connectivity index (χ4n) is 3.29. The number of hydrogen-bond acceptors (Lipinski definition) is 4. The molecular weight excluding hydrogens is 296 g/mol. The Balaban J connectivity index is 1.61. The first-order valence-corrected chi connectivity index (χ1v) is 8.83. The lowest BCUT2D eigenvalue weighted by molar-refractivity contribution is -0.136. The molecule has 0 aromatic heterocycles. The second-order valence-electron chi connectivity index (χ2n) is 6.48. The van der Waals surface area contributed by atoms with Gasteiger partial charge in [-0.1, -0.05) is 0 Å². The van der Waals surface area contributed by atoms with E-state index >= 15 is 0 Å². The molecule has 0 aromatic carbocycles. The molecule has 2 aliphatic rings. The molecule has 0 atom stereocenters. The van der Waals surface area contributed by atoms with Crippen LogP contribution in [-0.4, -0.2) is 74.7 Å². The first-order chi connectivity index (χ1) is 11.2. The largest absolute Gasteiger partial charge is 0.382 e. The Kier molecular flexibility index (Phi) is 7.82. The summed E-state index contributed by atoms with van der Waals surface area (Å²) in [4.78, 5) is 28.0. The molecule has 132 valence electrons. The van der Waals surface area contributed by atoms with E-state index in [4.69, 9.17) is 9.47 Å². The molecular formula is C17H30N2O4. The lowest BCUT2D eigenvalue weighted by atomic mass is 9.95. The van der Waals surface area contributed by atoms with Crippen LogP contribution in [0.2, 0.25) is 0 Å². The topological polar surface area (TPSA) is 59.1 Å². The maximum Gasteiger partial charge on any atom is 0.224 e. The van der Waals surface area contributed by atoms with E-state index in [0.717, 1.165) is 51.9 Å². The highest BCUT2D eigenvalue weighted by molar-refractivity contribution is 5.77. The van der Waals surface area contributed by atoms with E-state index in [2.05, 4.69) is 0 Å². The van der Waals surface area contributed by atoms with Crippen molar-refractivity contribution in [2.24, 2.45) is 5.92 Å². The zero-order valence-electron chi connectivity index (χ0n) is 14.3. The molecule has 0 saturated carbocycles. The van der Waals surface area contributed by atoms with E-state index in [1.165, 1.54) is 0 Å². The van der Waals surface area contributed by atoms with Gasteiger partial charge in [0.05, 0.1) is 26.2 Å². The lowest BCUT2D eigenvalue weighted by Crippen LogP contribution is -2.44. The van der Waals surface area contributed by atoms with E-state index in [-0.39, 0.29) is 5.91 Å². The predicted octanol–water partition coefficient (Wildman–Crippen LogP) is 1.29. The van der Waals surface area contributed by atoms with Gasteiger partial charge in [-0.25, -0.2) is 0 Å². The number of ether oxygens (including phenoxy) is 2. The molecule has 0 N–H and O–H groups in total. The summed E-state index contributed by atoms with van der Waals surface area (Å²) >= 11 is 0. The van der Waals surface area contributed by atoms with Crippen LogP contribution in [0, 0.1) is 5.92 Å². The molecule has 0 radical (unpaired) electrons. The highest BCUT2D eigenvalue weighted by atomic mass is 16.5. The third-order valence-electron chi connectivity index (χ3n) is 4.76. The number of amides is 2. The van der Waals surface area contributed by atoms with Crippen LogP contribution in [0.4, 0.5) is 0 Å². The van der Waals surface area contributed by atoms with Crippen molar-refractivity contribution >= 4 is 11.8 Å². The van der Waals surface area contributed by atoms with E-state index < -0.39 is 0 Å². The molecule has 6 nitrogen and oxygen atoms in total. The SMILES string of the molecule is COCCOCCC(=O)N1CCC(CN2CCCCC2=O)CC1. The molecule has 2 aliphatic heterocycles. The molecule has 0 aromatic rings. The molecule has 2 rings (SSSR count). The van der Waals surface area contributed by atoms with Gasteiger partial charge in [0.2, 0.25) is 11.8 Å². The van der Waals surface area contributed by atoms with Crippen molar-refractivity contribution < 1.29 is 19.1 Å². The molecule has 23 heavy (non-hydrogen) atoms. The fraction of sp³-hybridized carbons (Fsp3) is 0.882. The number of piperidine rings is 2. The molecule has 0 spiro atoms. The second kappa shape index (κ2) is 9.88. The summed E-state index contributed by atoms with van der Waals surface area (Å²) in [5.41, 5.74) is 0. The zero-order chi connectivity index (χ0) is 16.5. The number of nitrogens with zero attached hydrogens (tertiary/aromatic N) is 2. The van der Waals surface area contributed by atoms with Crippen molar-refractivity contribution in [2.75, 3.05) is 53.1 Å². The van der Waals surface area contributed by atoms with Gasteiger partial charge in [0.15, 0.2) is 0 Å². The standard InChI is InChI=1S/C17H30N2O4/c1-22-12-13-23-11-7-17(21)18-9-5-15(6-10-18)14-19-8-3-2-4-16(19)20/h15H,2-14H2,1H3. The summed E-state index contributed by atoms with van der Waals surface area (Å²) in [5.74, 6) is 1.02. The molecule has 0 bridgehead atoms. The summed E-state index contributed by atoms with van der Waals surface area (Å²) in [5, 5.41) is 0. The summed E-state index contributed by atoms with van der Waals surface area (Å²) in [6, 6.07) is 0. The van der Waals surface area contributed by atoms with E-state index in [0.29, 0.717) is 44.5 Å². The maximum atomic E-state index is 12.1.